The first-order valence-corrected chi connectivity index (χ1v) is 16.0. The minimum atomic E-state index is -4.02. The molecular weight excluding hydrogens is 617 g/mol. The second-order valence-electron chi connectivity index (χ2n) is 8.62. The summed E-state index contributed by atoms with van der Waals surface area (Å²) in [5.74, 6) is -1.14. The van der Waals surface area contributed by atoms with Crippen molar-refractivity contribution in [3.63, 3.8) is 0 Å². The van der Waals surface area contributed by atoms with Crippen molar-refractivity contribution in [1.29, 1.82) is 0 Å². The van der Waals surface area contributed by atoms with Gasteiger partial charge in [0.25, 0.3) is 0 Å². The first-order chi connectivity index (χ1) is 18.1. The lowest BCUT2D eigenvalue weighted by Crippen LogP contribution is -2.38. The minimum absolute atomic E-state index is 0.0108. The average Bonchev–Trinajstić information content (AvgIpc) is 2.83. The molecule has 39 heavy (non-hydrogen) atoms. The highest BCUT2D eigenvalue weighted by molar-refractivity contribution is 7.91. The Kier molecular flexibility index (Phi) is 11.7. The summed E-state index contributed by atoms with van der Waals surface area (Å²) in [7, 11) is -7.72. The van der Waals surface area contributed by atoms with Gasteiger partial charge >= 0.3 is 5.97 Å². The molecule has 0 fully saturated rings. The van der Waals surface area contributed by atoms with Gasteiger partial charge in [-0.3, -0.25) is 9.59 Å². The maximum atomic E-state index is 13.2. The topological polar surface area (TPSA) is 133 Å². The van der Waals surface area contributed by atoms with Crippen molar-refractivity contribution in [2.24, 2.45) is 5.92 Å². The molecule has 0 radical (unpaired) electrons. The first kappa shape index (κ1) is 33.0. The molecule has 0 spiro atoms. The summed E-state index contributed by atoms with van der Waals surface area (Å²) >= 11 is 18.2. The monoisotopic (exact) mass is 643 g/mol. The van der Waals surface area contributed by atoms with Crippen LogP contribution in [0.15, 0.2) is 46.2 Å². The van der Waals surface area contributed by atoms with Gasteiger partial charge in [0.15, 0.2) is 5.75 Å². The van der Waals surface area contributed by atoms with E-state index >= 15 is 0 Å². The number of carbonyl (C=O) groups excluding carboxylic acids is 2. The fraction of sp³-hybridized carbons (Fsp3) is 0.417. The van der Waals surface area contributed by atoms with Gasteiger partial charge in [0.05, 0.1) is 38.6 Å². The van der Waals surface area contributed by atoms with Gasteiger partial charge in [0.2, 0.25) is 25.8 Å². The first-order valence-electron chi connectivity index (χ1n) is 11.4. The van der Waals surface area contributed by atoms with Gasteiger partial charge in [-0.25, -0.2) is 21.1 Å². The molecule has 2 atom stereocenters. The van der Waals surface area contributed by atoms with E-state index in [0.717, 1.165) is 17.5 Å². The van der Waals surface area contributed by atoms with Crippen molar-refractivity contribution in [3.8, 4) is 11.5 Å². The van der Waals surface area contributed by atoms with E-state index in [2.05, 4.69) is 0 Å². The second kappa shape index (κ2) is 13.9. The van der Waals surface area contributed by atoms with Gasteiger partial charge in [-0.05, 0) is 36.4 Å². The van der Waals surface area contributed by atoms with Crippen molar-refractivity contribution in [2.45, 2.75) is 36.7 Å². The van der Waals surface area contributed by atoms with Crippen LogP contribution in [-0.4, -0.2) is 71.0 Å². The summed E-state index contributed by atoms with van der Waals surface area (Å²) < 4.78 is 66.8. The number of alkyl halides is 1. The largest absolute Gasteiger partial charge is 0.493 e. The highest BCUT2D eigenvalue weighted by Crippen LogP contribution is 2.37. The molecule has 0 N–H and O–H groups in total. The SMILES string of the molecule is CC(=O)O[C@@H](CCl)COc1c(Cl)cc(S(=O)(=O)c2ccc(OC[C@H](C)CN(C(C)=O)S(C)(=O)=O)cc2)cc1Cl. The van der Waals surface area contributed by atoms with E-state index in [1.54, 1.807) is 6.92 Å². The molecule has 2 rings (SSSR count). The number of rotatable bonds is 13. The van der Waals surface area contributed by atoms with Gasteiger partial charge in [0.1, 0.15) is 18.5 Å². The fourth-order valence-corrected chi connectivity index (χ4v) is 6.46. The number of nitrogens with zero attached hydrogens (tertiary/aromatic N) is 1. The second-order valence-corrected chi connectivity index (χ2v) is 13.6. The van der Waals surface area contributed by atoms with Gasteiger partial charge in [-0.15, -0.1) is 11.6 Å². The number of hydrogen-bond acceptors (Lipinski definition) is 9. The average molecular weight is 645 g/mol. The van der Waals surface area contributed by atoms with Gasteiger partial charge in [-0.2, -0.15) is 0 Å². The van der Waals surface area contributed by atoms with Crippen LogP contribution >= 0.6 is 34.8 Å². The maximum absolute atomic E-state index is 13.2. The molecule has 0 aliphatic rings. The number of halogens is 3. The summed E-state index contributed by atoms with van der Waals surface area (Å²) in [4.78, 5) is 22.5. The van der Waals surface area contributed by atoms with E-state index in [-0.39, 0.29) is 57.1 Å². The molecule has 216 valence electrons. The molecule has 10 nitrogen and oxygen atoms in total. The Morgan fingerprint density at radius 1 is 0.923 bits per heavy atom. The number of ether oxygens (including phenoxy) is 3. The van der Waals surface area contributed by atoms with Crippen molar-refractivity contribution in [2.75, 3.05) is 31.9 Å². The third kappa shape index (κ3) is 9.42. The smallest absolute Gasteiger partial charge is 0.303 e. The molecule has 0 unspecified atom stereocenters. The number of amides is 1. The van der Waals surface area contributed by atoms with E-state index in [1.165, 1.54) is 43.3 Å². The van der Waals surface area contributed by atoms with Crippen LogP contribution in [0, 0.1) is 5.92 Å². The van der Waals surface area contributed by atoms with Crippen molar-refractivity contribution < 1.29 is 40.6 Å². The quantitative estimate of drug-likeness (QED) is 0.232. The summed E-state index contributed by atoms with van der Waals surface area (Å²) in [6.45, 7) is 3.99. The molecule has 0 saturated carbocycles. The van der Waals surface area contributed by atoms with Gasteiger partial charge in [-0.1, -0.05) is 30.1 Å². The Hall–Kier alpha value is -2.25. The molecule has 0 saturated heterocycles. The number of sulfonamides is 1. The van der Waals surface area contributed by atoms with Crippen molar-refractivity contribution in [1.82, 2.24) is 4.31 Å². The van der Waals surface area contributed by atoms with Crippen LogP contribution < -0.4 is 9.47 Å². The van der Waals surface area contributed by atoms with E-state index < -0.39 is 37.8 Å². The fourth-order valence-electron chi connectivity index (χ4n) is 3.27. The molecule has 2 aromatic rings. The van der Waals surface area contributed by atoms with Gasteiger partial charge in [0, 0.05) is 26.3 Å². The van der Waals surface area contributed by atoms with E-state index in [1.807, 2.05) is 0 Å². The number of hydrogen-bond donors (Lipinski definition) is 0. The Morgan fingerprint density at radius 3 is 1.95 bits per heavy atom. The molecular formula is C24H28Cl3NO9S2. The number of esters is 1. The highest BCUT2D eigenvalue weighted by Gasteiger charge is 2.24. The standard InChI is InChI=1S/C24H28Cl3NO9S2/c1-15(12-28(16(2)29)38(4,31)32)13-35-18-5-7-20(8-6-18)39(33,34)21-9-22(26)24(23(27)10-21)36-14-19(11-25)37-17(3)30/h5-10,15,19H,11-14H2,1-4H3/t15-,19+/m1/s1. The molecule has 2 aromatic carbocycles. The van der Waals surface area contributed by atoms with E-state index in [0.29, 0.717) is 5.75 Å². The van der Waals surface area contributed by atoms with Crippen LogP contribution in [0.1, 0.15) is 20.8 Å². The van der Waals surface area contributed by atoms with Crippen LogP contribution in [0.25, 0.3) is 0 Å². The zero-order valence-electron chi connectivity index (χ0n) is 21.5. The molecule has 0 aliphatic heterocycles. The van der Waals surface area contributed by atoms with Crippen LogP contribution in [0.5, 0.6) is 11.5 Å². The van der Waals surface area contributed by atoms with E-state index in [4.69, 9.17) is 49.0 Å². The van der Waals surface area contributed by atoms with Crippen LogP contribution in [0.2, 0.25) is 10.0 Å². The predicted octanol–water partition coefficient (Wildman–Crippen LogP) is 4.20. The third-order valence-corrected chi connectivity index (χ3v) is 8.96. The lowest BCUT2D eigenvalue weighted by Gasteiger charge is -2.22. The minimum Gasteiger partial charge on any atom is -0.493 e. The van der Waals surface area contributed by atoms with E-state index in [9.17, 15) is 26.4 Å². The number of benzene rings is 2. The molecule has 0 aromatic heterocycles. The lowest BCUT2D eigenvalue weighted by atomic mass is 10.2. The summed E-state index contributed by atoms with van der Waals surface area (Å²) in [6.07, 6.45) is 0.196. The molecule has 15 heteroatoms. The van der Waals surface area contributed by atoms with Crippen LogP contribution in [-0.2, 0) is 34.2 Å². The molecule has 1 amide bonds. The zero-order chi connectivity index (χ0) is 29.5. The van der Waals surface area contributed by atoms with Crippen molar-refractivity contribution >= 4 is 66.5 Å². The molecule has 0 heterocycles. The predicted molar refractivity (Wildman–Crippen MR) is 147 cm³/mol. The van der Waals surface area contributed by atoms with Gasteiger partial charge < -0.3 is 14.2 Å². The summed E-state index contributed by atoms with van der Waals surface area (Å²) in [5, 5.41) is -0.139. The number of sulfone groups is 1. The Balaban J connectivity index is 2.12. The third-order valence-electron chi connectivity index (χ3n) is 5.10. The Morgan fingerprint density at radius 2 is 1.49 bits per heavy atom. The number of carbonyl (C=O) groups is 2. The maximum Gasteiger partial charge on any atom is 0.303 e. The molecule has 0 bridgehead atoms. The summed E-state index contributed by atoms with van der Waals surface area (Å²) in [5.41, 5.74) is 0. The normalized spacial score (nSPS) is 13.3. The highest BCUT2D eigenvalue weighted by atomic mass is 35.5. The molecule has 0 aliphatic carbocycles. The lowest BCUT2D eigenvalue weighted by molar-refractivity contribution is -0.146. The van der Waals surface area contributed by atoms with Crippen molar-refractivity contribution in [3.05, 3.63) is 46.4 Å². The zero-order valence-corrected chi connectivity index (χ0v) is 25.4. The Labute approximate surface area is 243 Å². The Bertz CT molecular complexity index is 1380. The summed E-state index contributed by atoms with van der Waals surface area (Å²) in [6, 6.07) is 7.94. The van der Waals surface area contributed by atoms with Crippen LogP contribution in [0.3, 0.4) is 0 Å². The van der Waals surface area contributed by atoms with Crippen LogP contribution in [0.4, 0.5) is 0 Å².